The molecule has 0 radical (unpaired) electrons. The molecule has 1 fully saturated rings. The molecule has 5 heteroatoms. The van der Waals surface area contributed by atoms with Crippen molar-refractivity contribution >= 4 is 11.9 Å². The van der Waals surface area contributed by atoms with Crippen molar-refractivity contribution in [2.45, 2.75) is 155 Å². The molecule has 39 heavy (non-hydrogen) atoms. The van der Waals surface area contributed by atoms with E-state index in [-0.39, 0.29) is 36.0 Å². The van der Waals surface area contributed by atoms with E-state index in [1.54, 1.807) is 0 Å². The highest BCUT2D eigenvalue weighted by atomic mass is 16.5. The largest absolute Gasteiger partial charge is 0.463 e. The summed E-state index contributed by atoms with van der Waals surface area (Å²) in [6.07, 6.45) is 24.3. The number of hydrogen-bond donors (Lipinski definition) is 1. The molecule has 5 nitrogen and oxygen atoms in total. The van der Waals surface area contributed by atoms with Gasteiger partial charge in [-0.15, -0.1) is 0 Å². The number of carbonyl (C=O) groups excluding carboxylic acids is 2. The fourth-order valence-corrected chi connectivity index (χ4v) is 5.26. The van der Waals surface area contributed by atoms with Crippen molar-refractivity contribution in [3.05, 3.63) is 36.5 Å². The minimum Gasteiger partial charge on any atom is -0.463 e. The number of carbonyl (C=O) groups is 2. The summed E-state index contributed by atoms with van der Waals surface area (Å²) in [4.78, 5) is 24.6. The monoisotopic (exact) mass is 546 g/mol. The molecule has 1 saturated carbocycles. The standard InChI is InChI=1S/C34H58O5/c1-6-8-10-12-14-18-22-28(5)34(37)39-32-26-31(35)29(23-19-15-13-11-9-7-2)30(32)24-20-16-17-21-25-33(36)38-27(3)4/h16,19-20,23,27,29-32,35H,5-15,17-18,21-22,24-26H2,1-4H3/b20-16-,23-19+/t29-,30-,31-,32+/m1/s1. The lowest BCUT2D eigenvalue weighted by Gasteiger charge is -2.23. The number of esters is 2. The van der Waals surface area contributed by atoms with E-state index in [1.165, 1.54) is 44.9 Å². The molecule has 0 saturated heterocycles. The first kappa shape index (κ1) is 35.1. The van der Waals surface area contributed by atoms with Gasteiger partial charge in [0, 0.05) is 30.3 Å². The molecule has 224 valence electrons. The van der Waals surface area contributed by atoms with Crippen LogP contribution in [-0.2, 0) is 19.1 Å². The average Bonchev–Trinajstić information content (AvgIpc) is 3.18. The first-order valence-corrected chi connectivity index (χ1v) is 15.9. The van der Waals surface area contributed by atoms with Crippen molar-refractivity contribution in [1.29, 1.82) is 0 Å². The molecule has 4 atom stereocenters. The maximum absolute atomic E-state index is 12.9. The van der Waals surface area contributed by atoms with Crippen molar-refractivity contribution in [3.63, 3.8) is 0 Å². The van der Waals surface area contributed by atoms with Gasteiger partial charge >= 0.3 is 11.9 Å². The van der Waals surface area contributed by atoms with Gasteiger partial charge in [0.15, 0.2) is 0 Å². The smallest absolute Gasteiger partial charge is 0.333 e. The summed E-state index contributed by atoms with van der Waals surface area (Å²) in [5.41, 5.74) is 0.539. The summed E-state index contributed by atoms with van der Waals surface area (Å²) < 4.78 is 11.2. The summed E-state index contributed by atoms with van der Waals surface area (Å²) in [5.74, 6) is -0.483. The van der Waals surface area contributed by atoms with Crippen LogP contribution in [0, 0.1) is 11.8 Å². The topological polar surface area (TPSA) is 72.8 Å². The summed E-state index contributed by atoms with van der Waals surface area (Å²) in [6.45, 7) is 12.1. The number of allylic oxidation sites excluding steroid dienone is 3. The molecule has 1 N–H and O–H groups in total. The van der Waals surface area contributed by atoms with Gasteiger partial charge in [0.05, 0.1) is 12.2 Å². The zero-order chi connectivity index (χ0) is 28.9. The van der Waals surface area contributed by atoms with Crippen molar-refractivity contribution in [3.8, 4) is 0 Å². The van der Waals surface area contributed by atoms with Crippen LogP contribution < -0.4 is 0 Å². The predicted molar refractivity (Wildman–Crippen MR) is 161 cm³/mol. The van der Waals surface area contributed by atoms with E-state index >= 15 is 0 Å². The SMILES string of the molecule is C=C(CCCCCCCC)C(=O)O[C@H]1C[C@@H](O)[C@H](/C=C/CCCCCC)[C@H]1C/C=C\CCCC(=O)OC(C)C. The number of rotatable bonds is 22. The maximum Gasteiger partial charge on any atom is 0.333 e. The molecule has 0 heterocycles. The summed E-state index contributed by atoms with van der Waals surface area (Å²) in [5, 5.41) is 10.9. The Labute approximate surface area is 239 Å². The van der Waals surface area contributed by atoms with Gasteiger partial charge in [0.2, 0.25) is 0 Å². The lowest BCUT2D eigenvalue weighted by Crippen LogP contribution is -2.25. The number of aliphatic hydroxyl groups is 1. The van der Waals surface area contributed by atoms with Crippen LogP contribution in [0.4, 0.5) is 0 Å². The van der Waals surface area contributed by atoms with Gasteiger partial charge in [-0.25, -0.2) is 4.79 Å². The molecule has 0 aliphatic heterocycles. The van der Waals surface area contributed by atoms with E-state index in [1.807, 2.05) is 13.8 Å². The van der Waals surface area contributed by atoms with Gasteiger partial charge in [-0.2, -0.15) is 0 Å². The minimum atomic E-state index is -0.522. The van der Waals surface area contributed by atoms with Crippen LogP contribution in [0.5, 0.6) is 0 Å². The molecule has 0 aromatic rings. The van der Waals surface area contributed by atoms with Crippen LogP contribution in [0.3, 0.4) is 0 Å². The Kier molecular flexibility index (Phi) is 19.7. The Balaban J connectivity index is 2.67. The highest BCUT2D eigenvalue weighted by Gasteiger charge is 2.42. The Morgan fingerprint density at radius 1 is 0.872 bits per heavy atom. The second-order valence-corrected chi connectivity index (χ2v) is 11.5. The lowest BCUT2D eigenvalue weighted by molar-refractivity contribution is -0.148. The third kappa shape index (κ3) is 16.1. The summed E-state index contributed by atoms with van der Waals surface area (Å²) in [6, 6.07) is 0. The van der Waals surface area contributed by atoms with Gasteiger partial charge in [0.25, 0.3) is 0 Å². The molecule has 0 bridgehead atoms. The summed E-state index contributed by atoms with van der Waals surface area (Å²) in [7, 11) is 0. The molecular weight excluding hydrogens is 488 g/mol. The molecule has 0 unspecified atom stereocenters. The molecule has 1 aliphatic rings. The first-order chi connectivity index (χ1) is 18.8. The van der Waals surface area contributed by atoms with Crippen LogP contribution in [0.25, 0.3) is 0 Å². The third-order valence-electron chi connectivity index (χ3n) is 7.55. The van der Waals surface area contributed by atoms with Gasteiger partial charge in [-0.1, -0.05) is 96.1 Å². The van der Waals surface area contributed by atoms with E-state index in [2.05, 4.69) is 44.7 Å². The van der Waals surface area contributed by atoms with Crippen LogP contribution in [0.15, 0.2) is 36.5 Å². The molecule has 0 aromatic heterocycles. The van der Waals surface area contributed by atoms with E-state index in [9.17, 15) is 14.7 Å². The molecule has 1 aliphatic carbocycles. The normalized spacial score (nSPS) is 21.3. The zero-order valence-electron chi connectivity index (χ0n) is 25.5. The van der Waals surface area contributed by atoms with Crippen LogP contribution in [0.1, 0.15) is 137 Å². The van der Waals surface area contributed by atoms with Gasteiger partial charge < -0.3 is 14.6 Å². The Hall–Kier alpha value is -1.88. The predicted octanol–water partition coefficient (Wildman–Crippen LogP) is 8.80. The molecular formula is C34H58O5. The van der Waals surface area contributed by atoms with Crippen molar-refractivity contribution in [2.24, 2.45) is 11.8 Å². The van der Waals surface area contributed by atoms with Crippen molar-refractivity contribution in [2.75, 3.05) is 0 Å². The van der Waals surface area contributed by atoms with E-state index in [0.717, 1.165) is 44.9 Å². The number of hydrogen-bond acceptors (Lipinski definition) is 5. The lowest BCUT2D eigenvalue weighted by atomic mass is 9.89. The average molecular weight is 547 g/mol. The van der Waals surface area contributed by atoms with E-state index in [0.29, 0.717) is 24.8 Å². The fourth-order valence-electron chi connectivity index (χ4n) is 5.26. The minimum absolute atomic E-state index is 0.0276. The summed E-state index contributed by atoms with van der Waals surface area (Å²) >= 11 is 0. The van der Waals surface area contributed by atoms with E-state index < -0.39 is 6.10 Å². The highest BCUT2D eigenvalue weighted by Crippen LogP contribution is 2.39. The fraction of sp³-hybridized carbons (Fsp3) is 0.765. The second kappa shape index (κ2) is 21.9. The van der Waals surface area contributed by atoms with Gasteiger partial charge in [0.1, 0.15) is 6.10 Å². The third-order valence-corrected chi connectivity index (χ3v) is 7.55. The zero-order valence-corrected chi connectivity index (χ0v) is 25.5. The molecule has 0 spiro atoms. The number of unbranched alkanes of at least 4 members (excludes halogenated alkanes) is 10. The quantitative estimate of drug-likeness (QED) is 0.0636. The van der Waals surface area contributed by atoms with Gasteiger partial charge in [-0.05, 0) is 58.8 Å². The van der Waals surface area contributed by atoms with Crippen LogP contribution in [0.2, 0.25) is 0 Å². The molecule has 0 amide bonds. The molecule has 0 aromatic carbocycles. The maximum atomic E-state index is 12.9. The van der Waals surface area contributed by atoms with Gasteiger partial charge in [-0.3, -0.25) is 4.79 Å². The Morgan fingerprint density at radius 2 is 1.51 bits per heavy atom. The Morgan fingerprint density at radius 3 is 2.21 bits per heavy atom. The number of aliphatic hydroxyl groups excluding tert-OH is 1. The van der Waals surface area contributed by atoms with Crippen molar-refractivity contribution in [1.82, 2.24) is 0 Å². The number of ether oxygens (including phenoxy) is 2. The molecule has 1 rings (SSSR count). The highest BCUT2D eigenvalue weighted by molar-refractivity contribution is 5.87. The van der Waals surface area contributed by atoms with Crippen LogP contribution in [-0.4, -0.2) is 35.4 Å². The van der Waals surface area contributed by atoms with E-state index in [4.69, 9.17) is 9.47 Å². The second-order valence-electron chi connectivity index (χ2n) is 11.5. The van der Waals surface area contributed by atoms with Crippen LogP contribution >= 0.6 is 0 Å². The first-order valence-electron chi connectivity index (χ1n) is 15.9. The Bertz CT molecular complexity index is 738. The van der Waals surface area contributed by atoms with Crippen molar-refractivity contribution < 1.29 is 24.2 Å².